The number of anilines is 1. The van der Waals surface area contributed by atoms with Crippen LogP contribution in [0.25, 0.3) is 0 Å². The largest absolute Gasteiger partial charge is 0.389 e. The van der Waals surface area contributed by atoms with Gasteiger partial charge in [0, 0.05) is 26.4 Å². The first-order valence-electron chi connectivity index (χ1n) is 6.43. The molecule has 1 aromatic rings. The average molecular weight is 300 g/mol. The molecule has 2 N–H and O–H groups in total. The summed E-state index contributed by atoms with van der Waals surface area (Å²) >= 11 is 6.02. The van der Waals surface area contributed by atoms with Gasteiger partial charge in [-0.25, -0.2) is 4.98 Å². The number of halogens is 1. The lowest BCUT2D eigenvalue weighted by molar-refractivity contribution is -0.138. The topological polar surface area (TPSA) is 74.7 Å². The molecule has 6 nitrogen and oxygen atoms in total. The first-order chi connectivity index (χ1) is 9.61. The number of β-amino-alcohol motifs (C(OH)–C–C–N with tert-alkyl or cyclic N) is 1. The van der Waals surface area contributed by atoms with Crippen LogP contribution in [0.3, 0.4) is 0 Å². The van der Waals surface area contributed by atoms with Crippen LogP contribution in [0.2, 0.25) is 5.02 Å². The maximum atomic E-state index is 11.7. The lowest BCUT2D eigenvalue weighted by Gasteiger charge is -2.36. The molecule has 0 unspecified atom stereocenters. The first kappa shape index (κ1) is 15.0. The van der Waals surface area contributed by atoms with Gasteiger partial charge in [0.15, 0.2) is 0 Å². The van der Waals surface area contributed by atoms with E-state index >= 15 is 0 Å². The Hall–Kier alpha value is -1.37. The van der Waals surface area contributed by atoms with Crippen molar-refractivity contribution in [3.63, 3.8) is 0 Å². The van der Waals surface area contributed by atoms with E-state index in [1.165, 1.54) is 7.11 Å². The Balaban J connectivity index is 1.93. The second-order valence-corrected chi connectivity index (χ2v) is 5.12. The number of methoxy groups -OCH3 is 1. The zero-order chi connectivity index (χ0) is 14.5. The minimum absolute atomic E-state index is 0.0386. The Bertz CT molecular complexity index is 472. The summed E-state index contributed by atoms with van der Waals surface area (Å²) in [7, 11) is 1.48. The standard InChI is InChI=1S/C13H18ClN3O3/c1-20-8-12(19)17-6-4-10(11(18)7-17)16-13-9(14)3-2-5-15-13/h2-3,5,10-11,18H,4,6-8H2,1H3,(H,15,16)/t10-,11-/m1/s1. The summed E-state index contributed by atoms with van der Waals surface area (Å²) in [5.74, 6) is 0.441. The number of piperidine rings is 1. The molecule has 2 rings (SSSR count). The number of pyridine rings is 1. The molecule has 1 aliphatic rings. The van der Waals surface area contributed by atoms with Gasteiger partial charge in [0.05, 0.1) is 17.2 Å². The molecule has 1 aliphatic heterocycles. The van der Waals surface area contributed by atoms with Crippen LogP contribution in [0.5, 0.6) is 0 Å². The predicted molar refractivity (Wildman–Crippen MR) is 75.7 cm³/mol. The molecule has 2 atom stereocenters. The monoisotopic (exact) mass is 299 g/mol. The fourth-order valence-electron chi connectivity index (χ4n) is 2.21. The van der Waals surface area contributed by atoms with E-state index in [4.69, 9.17) is 16.3 Å². The smallest absolute Gasteiger partial charge is 0.248 e. The summed E-state index contributed by atoms with van der Waals surface area (Å²) in [6.45, 7) is 0.891. The number of likely N-dealkylation sites (tertiary alicyclic amines) is 1. The van der Waals surface area contributed by atoms with Crippen molar-refractivity contribution in [3.8, 4) is 0 Å². The van der Waals surface area contributed by atoms with Crippen LogP contribution in [0.1, 0.15) is 6.42 Å². The zero-order valence-electron chi connectivity index (χ0n) is 11.3. The molecule has 1 saturated heterocycles. The molecule has 1 amide bonds. The second-order valence-electron chi connectivity index (χ2n) is 4.71. The minimum Gasteiger partial charge on any atom is -0.389 e. The summed E-state index contributed by atoms with van der Waals surface area (Å²) in [5, 5.41) is 13.8. The molecule has 2 heterocycles. The van der Waals surface area contributed by atoms with Crippen LogP contribution >= 0.6 is 11.6 Å². The molecule has 0 aromatic carbocycles. The van der Waals surface area contributed by atoms with Gasteiger partial charge in [0.25, 0.3) is 0 Å². The number of hydrogen-bond donors (Lipinski definition) is 2. The molecule has 1 fully saturated rings. The van der Waals surface area contributed by atoms with Crippen molar-refractivity contribution in [1.29, 1.82) is 0 Å². The molecule has 7 heteroatoms. The van der Waals surface area contributed by atoms with Crippen molar-refractivity contribution < 1.29 is 14.6 Å². The third-order valence-electron chi connectivity index (χ3n) is 3.28. The van der Waals surface area contributed by atoms with Crippen LogP contribution in [0, 0.1) is 0 Å². The number of nitrogens with zero attached hydrogens (tertiary/aromatic N) is 2. The molecular weight excluding hydrogens is 282 g/mol. The maximum Gasteiger partial charge on any atom is 0.248 e. The number of ether oxygens (including phenoxy) is 1. The first-order valence-corrected chi connectivity index (χ1v) is 6.81. The highest BCUT2D eigenvalue weighted by atomic mass is 35.5. The van der Waals surface area contributed by atoms with Crippen LogP contribution in [-0.2, 0) is 9.53 Å². The molecule has 0 spiro atoms. The van der Waals surface area contributed by atoms with E-state index in [9.17, 15) is 9.90 Å². The Morgan fingerprint density at radius 1 is 1.70 bits per heavy atom. The molecule has 0 bridgehead atoms. The molecule has 1 aromatic heterocycles. The average Bonchev–Trinajstić information content (AvgIpc) is 2.43. The number of aromatic nitrogens is 1. The van der Waals surface area contributed by atoms with E-state index in [0.29, 0.717) is 23.8 Å². The van der Waals surface area contributed by atoms with Crippen LogP contribution in [0.4, 0.5) is 5.82 Å². The fourth-order valence-corrected chi connectivity index (χ4v) is 2.38. The van der Waals surface area contributed by atoms with E-state index in [1.807, 2.05) is 0 Å². The lowest BCUT2D eigenvalue weighted by Crippen LogP contribution is -2.52. The van der Waals surface area contributed by atoms with Crippen LogP contribution in [-0.4, -0.2) is 59.8 Å². The molecule has 0 saturated carbocycles. The summed E-state index contributed by atoms with van der Waals surface area (Å²) < 4.78 is 4.81. The van der Waals surface area contributed by atoms with E-state index < -0.39 is 6.10 Å². The number of aliphatic hydroxyl groups is 1. The van der Waals surface area contributed by atoms with E-state index in [-0.39, 0.29) is 25.1 Å². The van der Waals surface area contributed by atoms with Gasteiger partial charge in [-0.2, -0.15) is 0 Å². The Morgan fingerprint density at radius 2 is 2.50 bits per heavy atom. The van der Waals surface area contributed by atoms with E-state index in [1.54, 1.807) is 23.2 Å². The predicted octanol–water partition coefficient (Wildman–Crippen LogP) is 0.755. The van der Waals surface area contributed by atoms with Crippen molar-refractivity contribution in [2.45, 2.75) is 18.6 Å². The van der Waals surface area contributed by atoms with Gasteiger partial charge in [-0.15, -0.1) is 0 Å². The summed E-state index contributed by atoms with van der Waals surface area (Å²) in [6, 6.07) is 3.31. The lowest BCUT2D eigenvalue weighted by atomic mass is 10.0. The number of carbonyl (C=O) groups is 1. The summed E-state index contributed by atoms with van der Waals surface area (Å²) in [5.41, 5.74) is 0. The molecule has 20 heavy (non-hydrogen) atoms. The quantitative estimate of drug-likeness (QED) is 0.858. The van der Waals surface area contributed by atoms with Gasteiger partial charge < -0.3 is 20.1 Å². The van der Waals surface area contributed by atoms with Crippen molar-refractivity contribution in [2.75, 3.05) is 32.1 Å². The van der Waals surface area contributed by atoms with Crippen molar-refractivity contribution in [3.05, 3.63) is 23.4 Å². The van der Waals surface area contributed by atoms with Crippen LogP contribution in [0.15, 0.2) is 18.3 Å². The van der Waals surface area contributed by atoms with Gasteiger partial charge >= 0.3 is 0 Å². The Labute approximate surface area is 122 Å². The van der Waals surface area contributed by atoms with E-state index in [2.05, 4.69) is 10.3 Å². The molecular formula is C13H18ClN3O3. The normalized spacial score (nSPS) is 22.6. The Kier molecular flexibility index (Phi) is 5.17. The number of rotatable bonds is 4. The number of nitrogens with one attached hydrogen (secondary N) is 1. The highest BCUT2D eigenvalue weighted by Crippen LogP contribution is 2.22. The van der Waals surface area contributed by atoms with Crippen molar-refractivity contribution >= 4 is 23.3 Å². The number of amides is 1. The van der Waals surface area contributed by atoms with Gasteiger partial charge in [-0.05, 0) is 18.6 Å². The highest BCUT2D eigenvalue weighted by molar-refractivity contribution is 6.32. The third kappa shape index (κ3) is 3.59. The fraction of sp³-hybridized carbons (Fsp3) is 0.538. The maximum absolute atomic E-state index is 11.7. The molecule has 0 aliphatic carbocycles. The zero-order valence-corrected chi connectivity index (χ0v) is 12.0. The minimum atomic E-state index is -0.664. The Morgan fingerprint density at radius 3 is 3.15 bits per heavy atom. The number of aliphatic hydroxyl groups excluding tert-OH is 1. The van der Waals surface area contributed by atoms with E-state index in [0.717, 1.165) is 0 Å². The summed E-state index contributed by atoms with van der Waals surface area (Å²) in [4.78, 5) is 17.4. The second kappa shape index (κ2) is 6.88. The van der Waals surface area contributed by atoms with Crippen molar-refractivity contribution in [1.82, 2.24) is 9.88 Å². The van der Waals surface area contributed by atoms with Gasteiger partial charge in [-0.1, -0.05) is 11.6 Å². The van der Waals surface area contributed by atoms with Crippen molar-refractivity contribution in [2.24, 2.45) is 0 Å². The van der Waals surface area contributed by atoms with Gasteiger partial charge in [0.2, 0.25) is 5.91 Å². The summed E-state index contributed by atoms with van der Waals surface area (Å²) in [6.07, 6.45) is 1.60. The molecule has 0 radical (unpaired) electrons. The highest BCUT2D eigenvalue weighted by Gasteiger charge is 2.30. The number of carbonyl (C=O) groups excluding carboxylic acids is 1. The van der Waals surface area contributed by atoms with Gasteiger partial charge in [0.1, 0.15) is 12.4 Å². The van der Waals surface area contributed by atoms with Gasteiger partial charge in [-0.3, -0.25) is 4.79 Å². The third-order valence-corrected chi connectivity index (χ3v) is 3.59. The molecule has 110 valence electrons. The number of hydrogen-bond acceptors (Lipinski definition) is 5. The van der Waals surface area contributed by atoms with Crippen LogP contribution < -0.4 is 5.32 Å². The SMILES string of the molecule is COCC(=O)N1CC[C@@H](Nc2ncccc2Cl)[C@H](O)C1.